The van der Waals surface area contributed by atoms with Crippen LogP contribution in [0.2, 0.25) is 0 Å². The number of nitriles is 1. The maximum absolute atomic E-state index is 12.1. The highest BCUT2D eigenvalue weighted by atomic mass is 16.5. The zero-order valence-corrected chi connectivity index (χ0v) is 14.0. The van der Waals surface area contributed by atoms with E-state index in [1.807, 2.05) is 36.4 Å². The number of aliphatic carboxylic acids is 1. The van der Waals surface area contributed by atoms with Crippen molar-refractivity contribution in [3.05, 3.63) is 71.3 Å². The highest BCUT2D eigenvalue weighted by Gasteiger charge is 2.08. The Morgan fingerprint density at radius 1 is 1.12 bits per heavy atom. The number of hydrogen-bond donors (Lipinski definition) is 2. The summed E-state index contributed by atoms with van der Waals surface area (Å²) >= 11 is 0. The van der Waals surface area contributed by atoms with Crippen molar-refractivity contribution < 1.29 is 19.4 Å². The monoisotopic (exact) mass is 350 g/mol. The first-order valence-electron chi connectivity index (χ1n) is 7.97. The third-order valence-corrected chi connectivity index (χ3v) is 3.44. The molecule has 0 heterocycles. The molecule has 0 bridgehead atoms. The van der Waals surface area contributed by atoms with Crippen molar-refractivity contribution in [1.29, 1.82) is 5.26 Å². The van der Waals surface area contributed by atoms with Crippen LogP contribution in [0.4, 0.5) is 0 Å². The molecule has 0 aromatic heterocycles. The Bertz CT molecular complexity index is 821. The summed E-state index contributed by atoms with van der Waals surface area (Å²) in [5.74, 6) is -0.849. The molecule has 0 atom stereocenters. The van der Waals surface area contributed by atoms with Crippen LogP contribution in [-0.2, 0) is 16.1 Å². The molecule has 0 unspecified atom stereocenters. The van der Waals surface area contributed by atoms with Gasteiger partial charge in [-0.05, 0) is 29.3 Å². The van der Waals surface area contributed by atoms with Gasteiger partial charge in [0, 0.05) is 6.54 Å². The molecule has 132 valence electrons. The molecule has 0 fully saturated rings. The van der Waals surface area contributed by atoms with Crippen molar-refractivity contribution in [2.45, 2.75) is 13.0 Å². The van der Waals surface area contributed by atoms with Crippen LogP contribution in [0, 0.1) is 11.3 Å². The van der Waals surface area contributed by atoms with Crippen LogP contribution in [0.5, 0.6) is 5.75 Å². The van der Waals surface area contributed by atoms with Crippen molar-refractivity contribution in [2.24, 2.45) is 0 Å². The van der Waals surface area contributed by atoms with Gasteiger partial charge in [-0.15, -0.1) is 0 Å². The second-order valence-electron chi connectivity index (χ2n) is 5.40. The van der Waals surface area contributed by atoms with Gasteiger partial charge in [0.2, 0.25) is 0 Å². The highest BCUT2D eigenvalue weighted by molar-refractivity contribution is 6.01. The highest BCUT2D eigenvalue weighted by Crippen LogP contribution is 2.15. The van der Waals surface area contributed by atoms with E-state index in [0.717, 1.165) is 5.56 Å². The molecule has 6 nitrogen and oxygen atoms in total. The lowest BCUT2D eigenvalue weighted by molar-refractivity contribution is -0.137. The summed E-state index contributed by atoms with van der Waals surface area (Å²) in [7, 11) is 0. The number of hydrogen-bond acceptors (Lipinski definition) is 4. The number of carboxylic acids is 1. The minimum absolute atomic E-state index is 0.000441. The van der Waals surface area contributed by atoms with Crippen molar-refractivity contribution in [3.8, 4) is 11.8 Å². The SMILES string of the molecule is N#C/C(=C\c1ccc(OCCC(=O)O)cc1)C(=O)NCc1ccccc1. The van der Waals surface area contributed by atoms with Crippen LogP contribution >= 0.6 is 0 Å². The van der Waals surface area contributed by atoms with E-state index in [0.29, 0.717) is 17.9 Å². The Morgan fingerprint density at radius 2 is 1.81 bits per heavy atom. The van der Waals surface area contributed by atoms with Crippen molar-refractivity contribution in [3.63, 3.8) is 0 Å². The molecule has 26 heavy (non-hydrogen) atoms. The second-order valence-corrected chi connectivity index (χ2v) is 5.40. The van der Waals surface area contributed by atoms with Crippen LogP contribution in [-0.4, -0.2) is 23.6 Å². The maximum atomic E-state index is 12.1. The zero-order chi connectivity index (χ0) is 18.8. The van der Waals surface area contributed by atoms with E-state index in [2.05, 4.69) is 5.32 Å². The molecule has 0 saturated heterocycles. The minimum Gasteiger partial charge on any atom is -0.493 e. The summed E-state index contributed by atoms with van der Waals surface area (Å²) in [6, 6.07) is 18.0. The van der Waals surface area contributed by atoms with E-state index in [1.54, 1.807) is 24.3 Å². The van der Waals surface area contributed by atoms with Crippen LogP contribution < -0.4 is 10.1 Å². The molecule has 0 aliphatic rings. The second kappa shape index (κ2) is 9.64. The van der Waals surface area contributed by atoms with E-state index in [-0.39, 0.29) is 18.6 Å². The Balaban J connectivity index is 1.95. The first-order chi connectivity index (χ1) is 12.6. The van der Waals surface area contributed by atoms with Crippen LogP contribution in [0.3, 0.4) is 0 Å². The fourth-order valence-electron chi connectivity index (χ4n) is 2.11. The first-order valence-corrected chi connectivity index (χ1v) is 7.97. The third kappa shape index (κ3) is 6.13. The topological polar surface area (TPSA) is 99.4 Å². The molecule has 0 radical (unpaired) electrons. The van der Waals surface area contributed by atoms with Gasteiger partial charge in [-0.25, -0.2) is 0 Å². The number of carbonyl (C=O) groups is 2. The number of amides is 1. The van der Waals surface area contributed by atoms with E-state index in [9.17, 15) is 14.9 Å². The number of benzene rings is 2. The number of nitrogens with zero attached hydrogens (tertiary/aromatic N) is 1. The van der Waals surface area contributed by atoms with E-state index in [4.69, 9.17) is 9.84 Å². The Hall–Kier alpha value is -3.59. The molecule has 2 aromatic rings. The lowest BCUT2D eigenvalue weighted by atomic mass is 10.1. The third-order valence-electron chi connectivity index (χ3n) is 3.44. The lowest BCUT2D eigenvalue weighted by Crippen LogP contribution is -2.23. The fraction of sp³-hybridized carbons (Fsp3) is 0.150. The van der Waals surface area contributed by atoms with Gasteiger partial charge in [0.15, 0.2) is 0 Å². The first kappa shape index (κ1) is 18.7. The summed E-state index contributed by atoms with van der Waals surface area (Å²) < 4.78 is 5.29. The average Bonchev–Trinajstić information content (AvgIpc) is 2.66. The molecule has 2 aromatic carbocycles. The summed E-state index contributed by atoms with van der Waals surface area (Å²) in [4.78, 5) is 22.6. The Kier molecular flexibility index (Phi) is 6.95. The molecule has 0 spiro atoms. The average molecular weight is 350 g/mol. The van der Waals surface area contributed by atoms with E-state index in [1.165, 1.54) is 6.08 Å². The van der Waals surface area contributed by atoms with Gasteiger partial charge in [-0.1, -0.05) is 42.5 Å². The normalized spacial score (nSPS) is 10.7. The Morgan fingerprint density at radius 3 is 2.42 bits per heavy atom. The molecular formula is C20H18N2O4. The van der Waals surface area contributed by atoms with E-state index < -0.39 is 11.9 Å². The largest absolute Gasteiger partial charge is 0.493 e. The fourth-order valence-corrected chi connectivity index (χ4v) is 2.11. The van der Waals surface area contributed by atoms with Gasteiger partial charge in [-0.2, -0.15) is 5.26 Å². The summed E-state index contributed by atoms with van der Waals surface area (Å²) in [5.41, 5.74) is 1.61. The number of rotatable bonds is 8. The summed E-state index contributed by atoms with van der Waals surface area (Å²) in [5, 5.41) is 20.5. The predicted octanol–water partition coefficient (Wildman–Crippen LogP) is 2.76. The van der Waals surface area contributed by atoms with Crippen molar-refractivity contribution in [1.82, 2.24) is 5.32 Å². The van der Waals surface area contributed by atoms with Crippen molar-refractivity contribution in [2.75, 3.05) is 6.61 Å². The van der Waals surface area contributed by atoms with Gasteiger partial charge in [0.1, 0.15) is 17.4 Å². The van der Waals surface area contributed by atoms with Gasteiger partial charge in [0.25, 0.3) is 5.91 Å². The Labute approximate surface area is 151 Å². The van der Waals surface area contributed by atoms with Gasteiger partial charge < -0.3 is 15.2 Å². The van der Waals surface area contributed by atoms with E-state index >= 15 is 0 Å². The number of nitrogens with one attached hydrogen (secondary N) is 1. The van der Waals surface area contributed by atoms with Gasteiger partial charge in [0.05, 0.1) is 13.0 Å². The zero-order valence-electron chi connectivity index (χ0n) is 14.0. The van der Waals surface area contributed by atoms with Crippen LogP contribution in [0.25, 0.3) is 6.08 Å². The summed E-state index contributed by atoms with van der Waals surface area (Å²) in [6.45, 7) is 0.422. The van der Waals surface area contributed by atoms with Crippen LogP contribution in [0.1, 0.15) is 17.5 Å². The molecule has 0 aliphatic carbocycles. The smallest absolute Gasteiger partial charge is 0.306 e. The minimum atomic E-state index is -0.926. The molecule has 0 saturated carbocycles. The molecule has 0 aliphatic heterocycles. The number of carboxylic acid groups (broad SMARTS) is 1. The molecule has 2 rings (SSSR count). The standard InChI is InChI=1S/C20H18N2O4/c21-13-17(20(25)22-14-16-4-2-1-3-5-16)12-15-6-8-18(9-7-15)26-11-10-19(23)24/h1-9,12H,10-11,14H2,(H,22,25)(H,23,24)/b17-12+. The van der Waals surface area contributed by atoms with Gasteiger partial charge >= 0.3 is 5.97 Å². The maximum Gasteiger partial charge on any atom is 0.306 e. The summed E-state index contributed by atoms with van der Waals surface area (Å²) in [6.07, 6.45) is 1.41. The quantitative estimate of drug-likeness (QED) is 0.563. The lowest BCUT2D eigenvalue weighted by Gasteiger charge is -2.06. The van der Waals surface area contributed by atoms with Gasteiger partial charge in [-0.3, -0.25) is 9.59 Å². The molecular weight excluding hydrogens is 332 g/mol. The van der Waals surface area contributed by atoms with Crippen molar-refractivity contribution >= 4 is 18.0 Å². The molecule has 6 heteroatoms. The predicted molar refractivity (Wildman–Crippen MR) is 96.1 cm³/mol. The number of carbonyl (C=O) groups excluding carboxylic acids is 1. The van der Waals surface area contributed by atoms with Crippen LogP contribution in [0.15, 0.2) is 60.2 Å². The molecule has 2 N–H and O–H groups in total. The number of ether oxygens (including phenoxy) is 1. The molecule has 1 amide bonds.